The lowest BCUT2D eigenvalue weighted by atomic mass is 10.2. The van der Waals surface area contributed by atoms with Gasteiger partial charge in [0.1, 0.15) is 6.54 Å². The lowest BCUT2D eigenvalue weighted by Gasteiger charge is -2.11. The third-order valence-corrected chi connectivity index (χ3v) is 3.06. The van der Waals surface area contributed by atoms with E-state index in [1.807, 2.05) is 6.92 Å². The van der Waals surface area contributed by atoms with Crippen molar-refractivity contribution in [1.29, 1.82) is 0 Å². The lowest BCUT2D eigenvalue weighted by molar-refractivity contribution is -0.121. The van der Waals surface area contributed by atoms with Crippen molar-refractivity contribution < 1.29 is 4.79 Å². The van der Waals surface area contributed by atoms with Gasteiger partial charge in [-0.2, -0.15) is 0 Å². The zero-order chi connectivity index (χ0) is 13.8. The van der Waals surface area contributed by atoms with Crippen molar-refractivity contribution in [3.63, 3.8) is 0 Å². The fourth-order valence-corrected chi connectivity index (χ4v) is 2.06. The first-order valence-corrected chi connectivity index (χ1v) is 6.55. The van der Waals surface area contributed by atoms with Crippen molar-refractivity contribution >= 4 is 28.4 Å². The molecule has 0 radical (unpaired) electrons. The number of halogens is 1. The second-order valence-corrected chi connectivity index (χ2v) is 4.76. The Morgan fingerprint density at radius 1 is 1.37 bits per heavy atom. The van der Waals surface area contributed by atoms with Crippen LogP contribution in [-0.4, -0.2) is 17.0 Å². The van der Waals surface area contributed by atoms with Crippen LogP contribution in [0.3, 0.4) is 0 Å². The number of hydrogen-bond acceptors (Lipinski definition) is 2. The van der Waals surface area contributed by atoms with Gasteiger partial charge in [0.05, 0.1) is 5.52 Å². The number of carbonyl (C=O) groups is 1. The molecule has 0 bridgehead atoms. The van der Waals surface area contributed by atoms with Crippen molar-refractivity contribution in [3.8, 4) is 0 Å². The van der Waals surface area contributed by atoms with Crippen LogP contribution in [0, 0.1) is 0 Å². The van der Waals surface area contributed by atoms with E-state index in [4.69, 9.17) is 11.6 Å². The van der Waals surface area contributed by atoms with Gasteiger partial charge in [-0.3, -0.25) is 9.59 Å². The van der Waals surface area contributed by atoms with Crippen molar-refractivity contribution in [2.75, 3.05) is 6.54 Å². The molecule has 100 valence electrons. The number of rotatable bonds is 4. The van der Waals surface area contributed by atoms with Gasteiger partial charge in [0.2, 0.25) is 5.91 Å². The highest BCUT2D eigenvalue weighted by Gasteiger charge is 2.07. The van der Waals surface area contributed by atoms with Crippen LogP contribution in [0.25, 0.3) is 10.9 Å². The summed E-state index contributed by atoms with van der Waals surface area (Å²) in [5.74, 6) is -0.0771. The molecule has 19 heavy (non-hydrogen) atoms. The van der Waals surface area contributed by atoms with Gasteiger partial charge in [-0.25, -0.2) is 0 Å². The molecule has 1 heterocycles. The van der Waals surface area contributed by atoms with Crippen LogP contribution in [0.15, 0.2) is 35.3 Å². The highest BCUT2D eigenvalue weighted by atomic mass is 35.5. The summed E-state index contributed by atoms with van der Waals surface area (Å²) in [7, 11) is 0. The molecule has 4 nitrogen and oxygen atoms in total. The van der Waals surface area contributed by atoms with Crippen LogP contribution in [0.2, 0.25) is 5.02 Å². The Balaban J connectivity index is 2.38. The molecule has 5 heteroatoms. The minimum absolute atomic E-state index is 0.0723. The van der Waals surface area contributed by atoms with Crippen molar-refractivity contribution in [2.45, 2.75) is 19.9 Å². The molecule has 1 N–H and O–H groups in total. The Morgan fingerprint density at radius 3 is 2.89 bits per heavy atom. The molecule has 0 unspecified atom stereocenters. The SMILES string of the molecule is CCCNC(=O)Cn1ccc(=O)c2ccc(Cl)cc21. The average Bonchev–Trinajstić information content (AvgIpc) is 2.39. The van der Waals surface area contributed by atoms with E-state index in [0.29, 0.717) is 22.5 Å². The first kappa shape index (κ1) is 13.6. The van der Waals surface area contributed by atoms with E-state index in [-0.39, 0.29) is 17.9 Å². The Kier molecular flexibility index (Phi) is 4.22. The van der Waals surface area contributed by atoms with Gasteiger partial charge in [0.25, 0.3) is 0 Å². The van der Waals surface area contributed by atoms with Crippen LogP contribution in [0.5, 0.6) is 0 Å². The summed E-state index contributed by atoms with van der Waals surface area (Å²) >= 11 is 5.95. The Bertz CT molecular complexity index is 664. The Hall–Kier alpha value is -1.81. The minimum atomic E-state index is -0.0771. The third-order valence-electron chi connectivity index (χ3n) is 2.83. The highest BCUT2D eigenvalue weighted by Crippen LogP contribution is 2.16. The first-order chi connectivity index (χ1) is 9.11. The number of aromatic nitrogens is 1. The predicted molar refractivity (Wildman–Crippen MR) is 76.5 cm³/mol. The standard InChI is InChI=1S/C14H15ClN2O2/c1-2-6-16-14(19)9-17-7-5-13(18)11-4-3-10(15)8-12(11)17/h3-5,7-8H,2,6,9H2,1H3,(H,16,19). The summed E-state index contributed by atoms with van der Waals surface area (Å²) in [4.78, 5) is 23.5. The van der Waals surface area contributed by atoms with Crippen LogP contribution < -0.4 is 10.7 Å². The fraction of sp³-hybridized carbons (Fsp3) is 0.286. The number of amides is 1. The molecular formula is C14H15ClN2O2. The molecule has 0 atom stereocenters. The summed E-state index contributed by atoms with van der Waals surface area (Å²) < 4.78 is 1.73. The molecule has 0 fully saturated rings. The van der Waals surface area contributed by atoms with Gasteiger partial charge in [0.15, 0.2) is 5.43 Å². The van der Waals surface area contributed by atoms with Gasteiger partial charge in [-0.05, 0) is 24.6 Å². The maximum Gasteiger partial charge on any atom is 0.239 e. The largest absolute Gasteiger partial charge is 0.355 e. The molecule has 0 spiro atoms. The molecule has 0 saturated carbocycles. The number of nitrogens with one attached hydrogen (secondary N) is 1. The van der Waals surface area contributed by atoms with Gasteiger partial charge in [-0.15, -0.1) is 0 Å². The number of hydrogen-bond donors (Lipinski definition) is 1. The fourth-order valence-electron chi connectivity index (χ4n) is 1.89. The molecule has 0 aliphatic rings. The monoisotopic (exact) mass is 278 g/mol. The molecule has 0 aliphatic carbocycles. The maximum absolute atomic E-state index is 11.7. The van der Waals surface area contributed by atoms with Crippen molar-refractivity contribution in [2.24, 2.45) is 0 Å². The number of benzene rings is 1. The van der Waals surface area contributed by atoms with E-state index < -0.39 is 0 Å². The summed E-state index contributed by atoms with van der Waals surface area (Å²) in [5, 5.41) is 3.91. The van der Waals surface area contributed by atoms with Crippen molar-refractivity contribution in [1.82, 2.24) is 9.88 Å². The predicted octanol–water partition coefficient (Wildman–Crippen LogP) is 2.18. The molecule has 0 saturated heterocycles. The van der Waals surface area contributed by atoms with E-state index >= 15 is 0 Å². The van der Waals surface area contributed by atoms with E-state index in [1.54, 1.807) is 29.0 Å². The first-order valence-electron chi connectivity index (χ1n) is 6.17. The summed E-state index contributed by atoms with van der Waals surface area (Å²) in [6, 6.07) is 6.52. The lowest BCUT2D eigenvalue weighted by Crippen LogP contribution is -2.28. The highest BCUT2D eigenvalue weighted by molar-refractivity contribution is 6.31. The zero-order valence-electron chi connectivity index (χ0n) is 10.6. The van der Waals surface area contributed by atoms with E-state index in [0.717, 1.165) is 6.42 Å². The van der Waals surface area contributed by atoms with Crippen LogP contribution in [-0.2, 0) is 11.3 Å². The molecule has 0 aliphatic heterocycles. The van der Waals surface area contributed by atoms with Gasteiger partial charge in [-0.1, -0.05) is 18.5 Å². The van der Waals surface area contributed by atoms with Crippen LogP contribution in [0.1, 0.15) is 13.3 Å². The second kappa shape index (κ2) is 5.89. The maximum atomic E-state index is 11.7. The smallest absolute Gasteiger partial charge is 0.239 e. The summed E-state index contributed by atoms with van der Waals surface area (Å²) in [6.45, 7) is 2.82. The van der Waals surface area contributed by atoms with Gasteiger partial charge < -0.3 is 9.88 Å². The minimum Gasteiger partial charge on any atom is -0.355 e. The molecular weight excluding hydrogens is 264 g/mol. The molecule has 1 amide bonds. The number of nitrogens with zero attached hydrogens (tertiary/aromatic N) is 1. The van der Waals surface area contributed by atoms with Crippen molar-refractivity contribution in [3.05, 3.63) is 45.7 Å². The normalized spacial score (nSPS) is 10.6. The third kappa shape index (κ3) is 3.15. The van der Waals surface area contributed by atoms with Crippen LogP contribution >= 0.6 is 11.6 Å². The summed E-state index contributed by atoms with van der Waals surface area (Å²) in [5.41, 5.74) is 0.600. The molecule has 1 aromatic heterocycles. The van der Waals surface area contributed by atoms with Gasteiger partial charge >= 0.3 is 0 Å². The zero-order valence-corrected chi connectivity index (χ0v) is 11.4. The van der Waals surface area contributed by atoms with Crippen LogP contribution in [0.4, 0.5) is 0 Å². The van der Waals surface area contributed by atoms with E-state index in [9.17, 15) is 9.59 Å². The summed E-state index contributed by atoms with van der Waals surface area (Å²) in [6.07, 6.45) is 2.51. The molecule has 2 aromatic rings. The van der Waals surface area contributed by atoms with E-state index in [2.05, 4.69) is 5.32 Å². The van der Waals surface area contributed by atoms with E-state index in [1.165, 1.54) is 6.07 Å². The second-order valence-electron chi connectivity index (χ2n) is 4.32. The molecule has 1 aromatic carbocycles. The Labute approximate surface area is 116 Å². The number of fused-ring (bicyclic) bond motifs is 1. The number of carbonyl (C=O) groups excluding carboxylic acids is 1. The van der Waals surface area contributed by atoms with Gasteiger partial charge in [0, 0.05) is 29.2 Å². The Morgan fingerprint density at radius 2 is 2.16 bits per heavy atom. The topological polar surface area (TPSA) is 51.1 Å². The average molecular weight is 279 g/mol. The quantitative estimate of drug-likeness (QED) is 0.932. The number of pyridine rings is 1. The molecule has 2 rings (SSSR count).